The van der Waals surface area contributed by atoms with Gasteiger partial charge in [-0.3, -0.25) is 4.79 Å². The zero-order valence-electron chi connectivity index (χ0n) is 7.57. The van der Waals surface area contributed by atoms with Crippen molar-refractivity contribution in [2.45, 2.75) is 13.8 Å². The van der Waals surface area contributed by atoms with Gasteiger partial charge in [-0.05, 0) is 6.92 Å². The summed E-state index contributed by atoms with van der Waals surface area (Å²) in [6.45, 7) is 3.66. The Hall–Kier alpha value is -1.30. The molecule has 0 bridgehead atoms. The van der Waals surface area contributed by atoms with Crippen LogP contribution in [0.5, 0.6) is 0 Å². The van der Waals surface area contributed by atoms with Crippen molar-refractivity contribution in [3.8, 4) is 6.07 Å². The van der Waals surface area contributed by atoms with Crippen LogP contribution in [0.4, 0.5) is 0 Å². The molecule has 0 aromatic carbocycles. The third kappa shape index (κ3) is 2.75. The van der Waals surface area contributed by atoms with Crippen LogP contribution in [-0.2, 0) is 9.53 Å². The molecule has 2 atom stereocenters. The molecule has 0 N–H and O–H groups in total. The van der Waals surface area contributed by atoms with Crippen molar-refractivity contribution in [1.82, 2.24) is 0 Å². The molecule has 0 aliphatic carbocycles. The second kappa shape index (κ2) is 5.36. The van der Waals surface area contributed by atoms with Gasteiger partial charge in [-0.25, -0.2) is 0 Å². The Morgan fingerprint density at radius 1 is 1.67 bits per heavy atom. The number of ether oxygens (including phenoxy) is 1. The number of hydrogen-bond donors (Lipinski definition) is 0. The van der Waals surface area contributed by atoms with Crippen LogP contribution in [0.15, 0.2) is 12.2 Å². The van der Waals surface area contributed by atoms with Gasteiger partial charge in [0.1, 0.15) is 5.92 Å². The fraction of sp³-hybridized carbons (Fsp3) is 0.556. The Morgan fingerprint density at radius 3 is 2.58 bits per heavy atom. The molecule has 0 aromatic rings. The molecular formula is C9H13NO2. The van der Waals surface area contributed by atoms with Crippen molar-refractivity contribution in [3.63, 3.8) is 0 Å². The average molecular weight is 167 g/mol. The van der Waals surface area contributed by atoms with Crippen molar-refractivity contribution < 1.29 is 9.53 Å². The van der Waals surface area contributed by atoms with Crippen LogP contribution in [0.2, 0.25) is 0 Å². The first kappa shape index (κ1) is 10.7. The van der Waals surface area contributed by atoms with E-state index < -0.39 is 11.9 Å². The lowest BCUT2D eigenvalue weighted by atomic mass is 9.95. The zero-order valence-corrected chi connectivity index (χ0v) is 7.57. The summed E-state index contributed by atoms with van der Waals surface area (Å²) in [7, 11) is 1.29. The standard InChI is InChI=1S/C9H13NO2/c1-4-5-7(2)8(6-10)9(11)12-3/h4-5,7-8H,1-3H3/b5-4+. The number of rotatable bonds is 3. The van der Waals surface area contributed by atoms with Crippen molar-refractivity contribution >= 4 is 5.97 Å². The SMILES string of the molecule is C/C=C/C(C)C(C#N)C(=O)OC. The van der Waals surface area contributed by atoms with Gasteiger partial charge in [0.2, 0.25) is 0 Å². The Bertz CT molecular complexity index is 215. The second-order valence-corrected chi connectivity index (χ2v) is 2.51. The number of carbonyl (C=O) groups is 1. The molecule has 0 rings (SSSR count). The molecular weight excluding hydrogens is 154 g/mol. The van der Waals surface area contributed by atoms with Crippen LogP contribution in [-0.4, -0.2) is 13.1 Å². The fourth-order valence-electron chi connectivity index (χ4n) is 0.927. The van der Waals surface area contributed by atoms with Gasteiger partial charge in [0.15, 0.2) is 0 Å². The van der Waals surface area contributed by atoms with Gasteiger partial charge in [0.05, 0.1) is 13.2 Å². The molecule has 0 spiro atoms. The van der Waals surface area contributed by atoms with E-state index in [9.17, 15) is 4.79 Å². The summed E-state index contributed by atoms with van der Waals surface area (Å²) in [5.41, 5.74) is 0. The summed E-state index contributed by atoms with van der Waals surface area (Å²) in [5, 5.41) is 8.64. The lowest BCUT2D eigenvalue weighted by Crippen LogP contribution is -2.20. The molecule has 0 aromatic heterocycles. The second-order valence-electron chi connectivity index (χ2n) is 2.51. The first-order valence-corrected chi connectivity index (χ1v) is 3.77. The maximum atomic E-state index is 11.0. The Kier molecular flexibility index (Phi) is 4.78. The summed E-state index contributed by atoms with van der Waals surface area (Å²) in [4.78, 5) is 11.0. The first-order valence-electron chi connectivity index (χ1n) is 3.77. The molecule has 0 saturated carbocycles. The van der Waals surface area contributed by atoms with Crippen LogP contribution in [0.25, 0.3) is 0 Å². The summed E-state index contributed by atoms with van der Waals surface area (Å²) >= 11 is 0. The normalized spacial score (nSPS) is 15.2. The third-order valence-corrected chi connectivity index (χ3v) is 1.62. The van der Waals surface area contributed by atoms with Gasteiger partial charge in [-0.1, -0.05) is 19.1 Å². The topological polar surface area (TPSA) is 50.1 Å². The van der Waals surface area contributed by atoms with Crippen LogP contribution >= 0.6 is 0 Å². The molecule has 0 amide bonds. The lowest BCUT2D eigenvalue weighted by Gasteiger charge is -2.10. The molecule has 0 aliphatic heterocycles. The van der Waals surface area contributed by atoms with Gasteiger partial charge in [-0.2, -0.15) is 5.26 Å². The number of nitriles is 1. The Balaban J connectivity index is 4.36. The summed E-state index contributed by atoms with van der Waals surface area (Å²) in [6.07, 6.45) is 3.63. The highest BCUT2D eigenvalue weighted by molar-refractivity contribution is 5.75. The summed E-state index contributed by atoms with van der Waals surface area (Å²) in [5.74, 6) is -1.25. The Labute approximate surface area is 72.6 Å². The van der Waals surface area contributed by atoms with Crippen molar-refractivity contribution in [3.05, 3.63) is 12.2 Å². The van der Waals surface area contributed by atoms with E-state index in [4.69, 9.17) is 5.26 Å². The Morgan fingerprint density at radius 2 is 2.25 bits per heavy atom. The minimum Gasteiger partial charge on any atom is -0.468 e. The van der Waals surface area contributed by atoms with E-state index in [0.717, 1.165) is 0 Å². The van der Waals surface area contributed by atoms with E-state index in [1.807, 2.05) is 32.1 Å². The highest BCUT2D eigenvalue weighted by Gasteiger charge is 2.23. The number of allylic oxidation sites excluding steroid dienone is 2. The summed E-state index contributed by atoms with van der Waals surface area (Å²) < 4.78 is 4.48. The van der Waals surface area contributed by atoms with Gasteiger partial charge < -0.3 is 4.74 Å². The lowest BCUT2D eigenvalue weighted by molar-refractivity contribution is -0.144. The van der Waals surface area contributed by atoms with Gasteiger partial charge in [0, 0.05) is 5.92 Å². The quantitative estimate of drug-likeness (QED) is 0.473. The van der Waals surface area contributed by atoms with Crippen LogP contribution in [0.3, 0.4) is 0 Å². The predicted molar refractivity (Wildman–Crippen MR) is 45.1 cm³/mol. The minimum atomic E-state index is -0.689. The van der Waals surface area contributed by atoms with Crippen molar-refractivity contribution in [1.29, 1.82) is 5.26 Å². The number of esters is 1. The van der Waals surface area contributed by atoms with Crippen LogP contribution in [0, 0.1) is 23.2 Å². The molecule has 0 radical (unpaired) electrons. The average Bonchev–Trinajstić information content (AvgIpc) is 2.06. The molecule has 0 heterocycles. The van der Waals surface area contributed by atoms with E-state index >= 15 is 0 Å². The summed E-state index contributed by atoms with van der Waals surface area (Å²) in [6, 6.07) is 1.91. The van der Waals surface area contributed by atoms with E-state index in [1.54, 1.807) is 0 Å². The molecule has 0 fully saturated rings. The largest absolute Gasteiger partial charge is 0.468 e. The number of hydrogen-bond acceptors (Lipinski definition) is 3. The molecule has 66 valence electrons. The maximum Gasteiger partial charge on any atom is 0.323 e. The van der Waals surface area contributed by atoms with E-state index in [1.165, 1.54) is 7.11 Å². The van der Waals surface area contributed by atoms with E-state index in [2.05, 4.69) is 4.74 Å². The molecule has 12 heavy (non-hydrogen) atoms. The van der Waals surface area contributed by atoms with E-state index in [0.29, 0.717) is 0 Å². The van der Waals surface area contributed by atoms with Crippen LogP contribution in [0.1, 0.15) is 13.8 Å². The molecule has 2 unspecified atom stereocenters. The highest BCUT2D eigenvalue weighted by Crippen LogP contribution is 2.13. The minimum absolute atomic E-state index is 0.0903. The maximum absolute atomic E-state index is 11.0. The molecule has 0 aliphatic rings. The van der Waals surface area contributed by atoms with Crippen molar-refractivity contribution in [2.24, 2.45) is 11.8 Å². The fourth-order valence-corrected chi connectivity index (χ4v) is 0.927. The molecule has 0 saturated heterocycles. The monoisotopic (exact) mass is 167 g/mol. The first-order chi connectivity index (χ1) is 5.67. The predicted octanol–water partition coefficient (Wildman–Crippen LogP) is 1.51. The van der Waals surface area contributed by atoms with Crippen LogP contribution < -0.4 is 0 Å². The number of carbonyl (C=O) groups excluding carboxylic acids is 1. The number of nitrogens with zero attached hydrogens (tertiary/aromatic N) is 1. The highest BCUT2D eigenvalue weighted by atomic mass is 16.5. The molecule has 3 nitrogen and oxygen atoms in total. The smallest absolute Gasteiger partial charge is 0.323 e. The van der Waals surface area contributed by atoms with Crippen molar-refractivity contribution in [2.75, 3.05) is 7.11 Å². The number of methoxy groups -OCH3 is 1. The third-order valence-electron chi connectivity index (χ3n) is 1.62. The van der Waals surface area contributed by atoms with Gasteiger partial charge >= 0.3 is 5.97 Å². The van der Waals surface area contributed by atoms with E-state index in [-0.39, 0.29) is 5.92 Å². The van der Waals surface area contributed by atoms with Gasteiger partial charge in [0.25, 0.3) is 0 Å². The molecule has 3 heteroatoms. The van der Waals surface area contributed by atoms with Gasteiger partial charge in [-0.15, -0.1) is 0 Å². The zero-order chi connectivity index (χ0) is 9.56.